The van der Waals surface area contributed by atoms with Crippen molar-refractivity contribution in [1.82, 2.24) is 4.98 Å². The van der Waals surface area contributed by atoms with Crippen molar-refractivity contribution in [2.45, 2.75) is 57.8 Å². The lowest BCUT2D eigenvalue weighted by Gasteiger charge is -2.32. The van der Waals surface area contributed by atoms with Crippen molar-refractivity contribution in [1.29, 1.82) is 0 Å². The van der Waals surface area contributed by atoms with Crippen LogP contribution in [0, 0.1) is 0 Å². The van der Waals surface area contributed by atoms with E-state index in [9.17, 15) is 0 Å². The molecule has 0 aromatic carbocycles. The van der Waals surface area contributed by atoms with Crippen LogP contribution in [0.4, 0.5) is 5.69 Å². The normalized spacial score (nSPS) is 24.5. The van der Waals surface area contributed by atoms with Gasteiger partial charge in [-0.2, -0.15) is 0 Å². The predicted molar refractivity (Wildman–Crippen MR) is 76.6 cm³/mol. The zero-order chi connectivity index (χ0) is 13.7. The molecule has 1 aromatic heterocycles. The van der Waals surface area contributed by atoms with Gasteiger partial charge >= 0.3 is 7.12 Å². The Bertz CT molecular complexity index is 470. The minimum Gasteiger partial charge on any atom is -0.398 e. The fraction of sp³-hybridized carbons (Fsp3) is 0.643. The highest BCUT2D eigenvalue weighted by Gasteiger charge is 2.52. The van der Waals surface area contributed by atoms with E-state index < -0.39 is 0 Å². The molecule has 0 radical (unpaired) electrons. The maximum atomic E-state index is 6.01. The van der Waals surface area contributed by atoms with E-state index in [1.165, 1.54) is 12.8 Å². The van der Waals surface area contributed by atoms with Crippen LogP contribution in [0.5, 0.6) is 0 Å². The van der Waals surface area contributed by atoms with Crippen LogP contribution >= 0.6 is 0 Å². The summed E-state index contributed by atoms with van der Waals surface area (Å²) in [6.45, 7) is 8.22. The van der Waals surface area contributed by atoms with Gasteiger partial charge in [-0.1, -0.05) is 0 Å². The molecule has 2 heterocycles. The molecule has 19 heavy (non-hydrogen) atoms. The summed E-state index contributed by atoms with van der Waals surface area (Å²) in [5, 5.41) is 3.47. The second kappa shape index (κ2) is 4.22. The third kappa shape index (κ3) is 2.49. The number of nitrogens with one attached hydrogen (secondary N) is 1. The summed E-state index contributed by atoms with van der Waals surface area (Å²) in [7, 11) is -0.383. The number of aromatic nitrogens is 1. The number of rotatable bonds is 3. The molecule has 3 rings (SSSR count). The molecule has 0 bridgehead atoms. The molecule has 1 N–H and O–H groups in total. The zero-order valence-electron chi connectivity index (χ0n) is 12.1. The van der Waals surface area contributed by atoms with Gasteiger partial charge in [-0.15, -0.1) is 0 Å². The summed E-state index contributed by atoms with van der Waals surface area (Å²) in [6, 6.07) is 4.65. The maximum Gasteiger partial charge on any atom is 0.514 e. The Morgan fingerprint density at radius 1 is 1.21 bits per heavy atom. The summed E-state index contributed by atoms with van der Waals surface area (Å²) in [6.07, 6.45) is 4.33. The van der Waals surface area contributed by atoms with Gasteiger partial charge in [-0.3, -0.25) is 4.98 Å². The Hall–Kier alpha value is -1.07. The SMILES string of the molecule is CC1(C)OB(c2cc(NC3CC3)ccn2)OC1(C)C. The van der Waals surface area contributed by atoms with Crippen LogP contribution in [0.15, 0.2) is 18.3 Å². The lowest BCUT2D eigenvalue weighted by atomic mass is 9.84. The van der Waals surface area contributed by atoms with Crippen LogP contribution in [-0.4, -0.2) is 29.3 Å². The molecule has 0 unspecified atom stereocenters. The minimum absolute atomic E-state index is 0.320. The third-order valence-corrected chi connectivity index (χ3v) is 4.22. The summed E-state index contributed by atoms with van der Waals surface area (Å²) in [5.41, 5.74) is 1.30. The minimum atomic E-state index is -0.383. The molecule has 0 atom stereocenters. The van der Waals surface area contributed by atoms with Crippen LogP contribution in [0.25, 0.3) is 0 Å². The van der Waals surface area contributed by atoms with Gasteiger partial charge in [-0.25, -0.2) is 0 Å². The fourth-order valence-corrected chi connectivity index (χ4v) is 2.09. The van der Waals surface area contributed by atoms with E-state index in [1.807, 2.05) is 18.3 Å². The molecular weight excluding hydrogens is 239 g/mol. The molecule has 2 fully saturated rings. The topological polar surface area (TPSA) is 43.4 Å². The van der Waals surface area contributed by atoms with Gasteiger partial charge < -0.3 is 14.6 Å². The highest BCUT2D eigenvalue weighted by atomic mass is 16.7. The lowest BCUT2D eigenvalue weighted by Crippen LogP contribution is -2.41. The Morgan fingerprint density at radius 3 is 2.42 bits per heavy atom. The first kappa shape index (κ1) is 12.9. The van der Waals surface area contributed by atoms with Gasteiger partial charge in [0.05, 0.1) is 16.8 Å². The quantitative estimate of drug-likeness (QED) is 0.843. The highest BCUT2D eigenvalue weighted by Crippen LogP contribution is 2.36. The molecule has 1 aromatic rings. The van der Waals surface area contributed by atoms with Gasteiger partial charge in [0.1, 0.15) is 0 Å². The first-order valence-electron chi connectivity index (χ1n) is 6.95. The van der Waals surface area contributed by atoms with Gasteiger partial charge in [-0.05, 0) is 52.7 Å². The first-order valence-corrected chi connectivity index (χ1v) is 6.95. The van der Waals surface area contributed by atoms with Crippen LogP contribution in [0.2, 0.25) is 0 Å². The summed E-state index contributed by atoms with van der Waals surface area (Å²) in [4.78, 5) is 4.39. The molecule has 0 spiro atoms. The predicted octanol–water partition coefficient (Wildman–Crippen LogP) is 1.96. The summed E-state index contributed by atoms with van der Waals surface area (Å²) < 4.78 is 12.0. The molecule has 0 amide bonds. The second-order valence-corrected chi connectivity index (χ2v) is 6.48. The molecule has 1 aliphatic carbocycles. The van der Waals surface area contributed by atoms with Crippen LogP contribution in [0.3, 0.4) is 0 Å². The van der Waals surface area contributed by atoms with Crippen molar-refractivity contribution >= 4 is 18.4 Å². The van der Waals surface area contributed by atoms with E-state index in [4.69, 9.17) is 9.31 Å². The molecule has 102 valence electrons. The molecule has 1 saturated carbocycles. The second-order valence-electron chi connectivity index (χ2n) is 6.48. The van der Waals surface area contributed by atoms with E-state index in [0.717, 1.165) is 11.3 Å². The van der Waals surface area contributed by atoms with Crippen molar-refractivity contribution < 1.29 is 9.31 Å². The van der Waals surface area contributed by atoms with Crippen LogP contribution in [-0.2, 0) is 9.31 Å². The standard InChI is InChI=1S/C14H21BN2O2/c1-13(2)14(3,4)19-15(18-13)12-9-11(7-8-16-12)17-10-5-6-10/h7-10H,5-6H2,1-4H3,(H,16,17). The van der Waals surface area contributed by atoms with E-state index in [2.05, 4.69) is 38.0 Å². The van der Waals surface area contributed by atoms with Crippen LogP contribution < -0.4 is 10.9 Å². The largest absolute Gasteiger partial charge is 0.514 e. The van der Waals surface area contributed by atoms with Gasteiger partial charge in [0.2, 0.25) is 0 Å². The Kier molecular flexibility index (Phi) is 2.87. The molecular formula is C14H21BN2O2. The van der Waals surface area contributed by atoms with E-state index >= 15 is 0 Å². The average molecular weight is 260 g/mol. The van der Waals surface area contributed by atoms with Crippen molar-refractivity contribution in [3.8, 4) is 0 Å². The Balaban J connectivity index is 1.79. The number of hydrogen-bond donors (Lipinski definition) is 1. The molecule has 1 aliphatic heterocycles. The van der Waals surface area contributed by atoms with Gasteiger partial charge in [0, 0.05) is 17.9 Å². The highest BCUT2D eigenvalue weighted by molar-refractivity contribution is 6.61. The fourth-order valence-electron chi connectivity index (χ4n) is 2.09. The van der Waals surface area contributed by atoms with E-state index in [-0.39, 0.29) is 18.3 Å². The summed E-state index contributed by atoms with van der Waals surface area (Å²) in [5.74, 6) is 0. The monoisotopic (exact) mass is 260 g/mol. The van der Waals surface area contributed by atoms with E-state index in [1.54, 1.807) is 0 Å². The van der Waals surface area contributed by atoms with Crippen molar-refractivity contribution in [2.75, 3.05) is 5.32 Å². The molecule has 2 aliphatic rings. The Morgan fingerprint density at radius 2 is 1.84 bits per heavy atom. The lowest BCUT2D eigenvalue weighted by molar-refractivity contribution is 0.00578. The molecule has 4 nitrogen and oxygen atoms in total. The molecule has 1 saturated heterocycles. The summed E-state index contributed by atoms with van der Waals surface area (Å²) >= 11 is 0. The van der Waals surface area contributed by atoms with Crippen molar-refractivity contribution in [2.24, 2.45) is 0 Å². The number of pyridine rings is 1. The van der Waals surface area contributed by atoms with Crippen LogP contribution in [0.1, 0.15) is 40.5 Å². The molecule has 5 heteroatoms. The van der Waals surface area contributed by atoms with Crippen molar-refractivity contribution in [3.63, 3.8) is 0 Å². The van der Waals surface area contributed by atoms with Crippen molar-refractivity contribution in [3.05, 3.63) is 18.3 Å². The zero-order valence-corrected chi connectivity index (χ0v) is 12.1. The third-order valence-electron chi connectivity index (χ3n) is 4.22. The average Bonchev–Trinajstić information content (AvgIpc) is 3.07. The number of hydrogen-bond acceptors (Lipinski definition) is 4. The van der Waals surface area contributed by atoms with E-state index in [0.29, 0.717) is 6.04 Å². The van der Waals surface area contributed by atoms with Gasteiger partial charge in [0.25, 0.3) is 0 Å². The number of anilines is 1. The maximum absolute atomic E-state index is 6.01. The number of nitrogens with zero attached hydrogens (tertiary/aromatic N) is 1. The van der Waals surface area contributed by atoms with Gasteiger partial charge in [0.15, 0.2) is 0 Å². The smallest absolute Gasteiger partial charge is 0.398 e. The Labute approximate surface area is 115 Å². The first-order chi connectivity index (χ1) is 8.87.